The van der Waals surface area contributed by atoms with Crippen molar-refractivity contribution in [3.05, 3.63) is 71.8 Å². The van der Waals surface area contributed by atoms with Crippen LogP contribution in [0.5, 0.6) is 0 Å². The Kier molecular flexibility index (Phi) is 20.7. The molecule has 0 saturated carbocycles. The molecule has 2 bridgehead atoms. The molecular weight excluding hydrogens is 905 g/mol. The summed E-state index contributed by atoms with van der Waals surface area (Å²) in [5, 5.41) is 27.0. The van der Waals surface area contributed by atoms with Crippen LogP contribution >= 0.6 is 0 Å². The van der Waals surface area contributed by atoms with E-state index in [2.05, 4.69) is 31.9 Å². The Morgan fingerprint density at radius 1 is 0.743 bits per heavy atom. The van der Waals surface area contributed by atoms with Crippen molar-refractivity contribution < 1.29 is 57.7 Å². The number of nitrogens with zero attached hydrogens (tertiary/aromatic N) is 2. The molecule has 2 aliphatic rings. The Balaban J connectivity index is 1.71. The molecule has 8 amide bonds. The minimum Gasteiger partial charge on any atom is -0.458 e. The fourth-order valence-electron chi connectivity index (χ4n) is 8.18. The third kappa shape index (κ3) is 15.2. The molecule has 7 N–H and O–H groups in total. The van der Waals surface area contributed by atoms with Crippen molar-refractivity contribution in [3.8, 4) is 0 Å². The Hall–Kier alpha value is -6.57. The summed E-state index contributed by atoms with van der Waals surface area (Å²) in [4.78, 5) is 129. The van der Waals surface area contributed by atoms with Crippen LogP contribution in [0.2, 0.25) is 0 Å². The summed E-state index contributed by atoms with van der Waals surface area (Å²) >= 11 is 0. The van der Waals surface area contributed by atoms with E-state index in [1.54, 1.807) is 82.3 Å². The number of likely N-dealkylation sites (N-methyl/N-ethyl adjacent to an activating group) is 1. The zero-order chi connectivity index (χ0) is 52.0. The lowest BCUT2D eigenvalue weighted by atomic mass is 9.93. The normalized spacial score (nSPS) is 25.4. The third-order valence-electron chi connectivity index (χ3n) is 12.7. The number of cyclic esters (lactones) is 1. The second-order valence-corrected chi connectivity index (χ2v) is 19.1. The predicted molar refractivity (Wildman–Crippen MR) is 256 cm³/mol. The lowest BCUT2D eigenvalue weighted by molar-refractivity contribution is -0.166. The zero-order valence-corrected chi connectivity index (χ0v) is 41.9. The largest absolute Gasteiger partial charge is 0.458 e. The van der Waals surface area contributed by atoms with E-state index >= 15 is 0 Å². The molecule has 2 saturated heterocycles. The van der Waals surface area contributed by atoms with Crippen LogP contribution in [0, 0.1) is 17.8 Å². The Morgan fingerprint density at radius 2 is 1.33 bits per heavy atom. The van der Waals surface area contributed by atoms with Crippen LogP contribution in [0.25, 0.3) is 0 Å². The Bertz CT molecular complexity index is 2160. The van der Waals surface area contributed by atoms with E-state index in [0.717, 1.165) is 10.5 Å². The van der Waals surface area contributed by atoms with Crippen LogP contribution < -0.4 is 31.9 Å². The average Bonchev–Trinajstić information content (AvgIpc) is 3.32. The van der Waals surface area contributed by atoms with Crippen LogP contribution in [0.1, 0.15) is 99.1 Å². The first-order valence-corrected chi connectivity index (χ1v) is 24.0. The highest BCUT2D eigenvalue weighted by Crippen LogP contribution is 2.26. The smallest absolute Gasteiger partial charge is 0.408 e. The molecule has 20 nitrogen and oxygen atoms in total. The number of fused-ring (bicyclic) bond motifs is 2. The van der Waals surface area contributed by atoms with E-state index in [9.17, 15) is 48.3 Å². The van der Waals surface area contributed by atoms with Crippen molar-refractivity contribution in [1.29, 1.82) is 0 Å². The van der Waals surface area contributed by atoms with Crippen molar-refractivity contribution in [1.82, 2.24) is 41.7 Å². The van der Waals surface area contributed by atoms with Crippen LogP contribution in [-0.2, 0) is 60.9 Å². The number of alkyl carbamates (subject to hydrolysis) is 1. The van der Waals surface area contributed by atoms with E-state index < -0.39 is 126 Å². The van der Waals surface area contributed by atoms with E-state index in [4.69, 9.17) is 9.47 Å². The molecule has 0 aliphatic carbocycles. The summed E-state index contributed by atoms with van der Waals surface area (Å²) < 4.78 is 11.1. The highest BCUT2D eigenvalue weighted by Gasteiger charge is 2.46. The molecule has 70 heavy (non-hydrogen) atoms. The van der Waals surface area contributed by atoms with E-state index in [1.165, 1.54) is 32.7 Å². The summed E-state index contributed by atoms with van der Waals surface area (Å²) in [6.45, 7) is 14.4. The van der Waals surface area contributed by atoms with Crippen LogP contribution in [0.4, 0.5) is 4.79 Å². The lowest BCUT2D eigenvalue weighted by Gasteiger charge is -2.43. The number of benzene rings is 2. The minimum absolute atomic E-state index is 0.00421. The second-order valence-electron chi connectivity index (χ2n) is 19.1. The van der Waals surface area contributed by atoms with Gasteiger partial charge in [-0.25, -0.2) is 9.59 Å². The summed E-state index contributed by atoms with van der Waals surface area (Å²) in [5.74, 6) is -7.90. The van der Waals surface area contributed by atoms with Gasteiger partial charge in [-0.2, -0.15) is 0 Å². The van der Waals surface area contributed by atoms with Crippen molar-refractivity contribution in [2.45, 2.75) is 162 Å². The first kappa shape index (κ1) is 56.0. The molecule has 20 heteroatoms. The Morgan fingerprint density at radius 3 is 1.91 bits per heavy atom. The number of amides is 8. The maximum absolute atomic E-state index is 14.8. The van der Waals surface area contributed by atoms with Gasteiger partial charge in [-0.1, -0.05) is 109 Å². The lowest BCUT2D eigenvalue weighted by Crippen LogP contribution is -2.65. The molecule has 0 aromatic heterocycles. The molecular formula is C50H72N8O12. The summed E-state index contributed by atoms with van der Waals surface area (Å²) in [6, 6.07) is 7.10. The van der Waals surface area contributed by atoms with Crippen molar-refractivity contribution in [2.75, 3.05) is 7.05 Å². The maximum atomic E-state index is 14.8. The maximum Gasteiger partial charge on any atom is 0.408 e. The number of aliphatic hydroxyl groups is 1. The van der Waals surface area contributed by atoms with E-state index in [1.807, 2.05) is 19.9 Å². The molecule has 2 aromatic carbocycles. The van der Waals surface area contributed by atoms with Gasteiger partial charge in [-0.15, -0.1) is 0 Å². The van der Waals surface area contributed by atoms with Crippen LogP contribution in [-0.4, -0.2) is 136 Å². The first-order chi connectivity index (χ1) is 33.0. The summed E-state index contributed by atoms with van der Waals surface area (Å²) in [7, 11) is 1.42. The number of hydrogen-bond donors (Lipinski definition) is 7. The first-order valence-electron chi connectivity index (χ1n) is 24.0. The molecule has 4 rings (SSSR count). The molecule has 384 valence electrons. The molecule has 0 radical (unpaired) electrons. The molecule has 2 unspecified atom stereocenters. The highest BCUT2D eigenvalue weighted by atomic mass is 16.6. The molecule has 2 fully saturated rings. The van der Waals surface area contributed by atoms with Gasteiger partial charge in [0.05, 0.1) is 0 Å². The van der Waals surface area contributed by atoms with Gasteiger partial charge < -0.3 is 56.3 Å². The van der Waals surface area contributed by atoms with Gasteiger partial charge >= 0.3 is 12.1 Å². The number of aliphatic hydroxyl groups excluding tert-OH is 1. The predicted octanol–water partition coefficient (Wildman–Crippen LogP) is 1.82. The number of carbonyl (C=O) groups is 9. The topological polar surface area (TPSA) is 271 Å². The van der Waals surface area contributed by atoms with Gasteiger partial charge in [0.25, 0.3) is 0 Å². The van der Waals surface area contributed by atoms with E-state index in [0.29, 0.717) is 12.0 Å². The number of esters is 1. The molecule has 2 heterocycles. The highest BCUT2D eigenvalue weighted by molar-refractivity contribution is 5.98. The molecule has 2 aliphatic heterocycles. The number of ether oxygens (including phenoxy) is 2. The van der Waals surface area contributed by atoms with Crippen LogP contribution in [0.3, 0.4) is 0 Å². The van der Waals surface area contributed by atoms with Crippen molar-refractivity contribution in [2.24, 2.45) is 17.8 Å². The second kappa shape index (κ2) is 25.9. The number of piperidine rings is 1. The summed E-state index contributed by atoms with van der Waals surface area (Å²) in [5.41, 5.74) is 1.40. The summed E-state index contributed by atoms with van der Waals surface area (Å²) in [6.07, 6.45) is -3.36. The SMILES string of the molecule is CCC(C)[C@@H]1NC(=O)[C@@H](NC(=O)[C@H](C)NC(=O)C(C)NC(=O)OCc2ccccc2)[C@@H](C)OC(=O)[C@H](C(C)C)NC(=O)[C@H](Cc2ccccc2)N(C)C(=O)[C@H](CC(C)C)N2C(=O)[C@H](CC[C@H]2O)NC1=O. The quantitative estimate of drug-likeness (QED) is 0.134. The molecule has 0 spiro atoms. The van der Waals surface area contributed by atoms with Gasteiger partial charge in [0, 0.05) is 13.5 Å². The van der Waals surface area contributed by atoms with Gasteiger partial charge in [0.1, 0.15) is 67.3 Å². The number of hydrogen-bond acceptors (Lipinski definition) is 12. The zero-order valence-electron chi connectivity index (χ0n) is 41.9. The fraction of sp³-hybridized carbons (Fsp3) is 0.580. The monoisotopic (exact) mass is 977 g/mol. The minimum atomic E-state index is -1.71. The fourth-order valence-corrected chi connectivity index (χ4v) is 8.18. The standard InChI is InChI=1S/C50H72N8O12/c1-11-29(6)40-45(63)53-35-22-23-38(59)58(47(35)65)37(24-27(2)3)48(66)57(10)36(25-33-18-14-12-15-19-33)44(62)54-39(28(4)5)49(67)70-32(9)41(46(64)55-40)56-43(61)30(7)51-42(60)31(8)52-50(68)69-26-34-20-16-13-17-21-34/h12-21,27-32,35-41,59H,11,22-26H2,1-10H3,(H,51,60)(H,52,68)(H,53,63)(H,54,62)(H,55,64)(H,56,61)/t29?,30-,31?,32+,35-,36-,37-,38+,39-,40-,41-/m0/s1. The van der Waals surface area contributed by atoms with Crippen molar-refractivity contribution in [3.63, 3.8) is 0 Å². The molecule has 2 aromatic rings. The average molecular weight is 977 g/mol. The van der Waals surface area contributed by atoms with E-state index in [-0.39, 0.29) is 38.2 Å². The number of rotatable bonds is 14. The number of carbonyl (C=O) groups excluding carboxylic acids is 9. The van der Waals surface area contributed by atoms with Gasteiger partial charge in [-0.05, 0) is 68.9 Å². The Labute approximate surface area is 410 Å². The van der Waals surface area contributed by atoms with Gasteiger partial charge in [0.2, 0.25) is 41.4 Å². The van der Waals surface area contributed by atoms with Crippen LogP contribution in [0.15, 0.2) is 60.7 Å². The van der Waals surface area contributed by atoms with Crippen molar-refractivity contribution >= 4 is 53.4 Å². The third-order valence-corrected chi connectivity index (χ3v) is 12.7. The van der Waals surface area contributed by atoms with Gasteiger partial charge in [0.15, 0.2) is 0 Å². The molecule has 11 atom stereocenters. The van der Waals surface area contributed by atoms with Gasteiger partial charge in [-0.3, -0.25) is 33.6 Å². The number of nitrogens with one attached hydrogen (secondary N) is 6.